The maximum Gasteiger partial charge on any atom is 0.133 e. The summed E-state index contributed by atoms with van der Waals surface area (Å²) in [6, 6.07) is 7.94. The molecule has 5 heteroatoms. The molecular weight excluding hydrogens is 282 g/mol. The number of benzene rings is 1. The summed E-state index contributed by atoms with van der Waals surface area (Å²) < 4.78 is 6.12. The van der Waals surface area contributed by atoms with E-state index in [0.29, 0.717) is 0 Å². The second-order valence-electron chi connectivity index (χ2n) is 3.66. The lowest BCUT2D eigenvalue weighted by Crippen LogP contribution is -2.04. The first kappa shape index (κ1) is 12.1. The fourth-order valence-electron chi connectivity index (χ4n) is 1.62. The third-order valence-electron chi connectivity index (χ3n) is 2.45. The quantitative estimate of drug-likeness (QED) is 0.911. The van der Waals surface area contributed by atoms with Crippen molar-refractivity contribution in [2.24, 2.45) is 0 Å². The maximum absolute atomic E-state index is 5.19. The van der Waals surface area contributed by atoms with Gasteiger partial charge in [-0.25, -0.2) is 0 Å². The minimum atomic E-state index is 0.782. The Bertz CT molecular complexity index is 510. The van der Waals surface area contributed by atoms with Crippen LogP contribution in [0.5, 0.6) is 5.75 Å². The Labute approximate surface area is 109 Å². The summed E-state index contributed by atoms with van der Waals surface area (Å²) in [5.74, 6) is 0.819. The molecule has 17 heavy (non-hydrogen) atoms. The first-order valence-corrected chi connectivity index (χ1v) is 6.06. The molecule has 2 rings (SSSR count). The highest BCUT2D eigenvalue weighted by Gasteiger charge is 2.06. The van der Waals surface area contributed by atoms with Crippen LogP contribution in [-0.4, -0.2) is 24.4 Å². The van der Waals surface area contributed by atoms with Crippen LogP contribution in [0.2, 0.25) is 0 Å². The zero-order valence-electron chi connectivity index (χ0n) is 9.75. The van der Waals surface area contributed by atoms with Gasteiger partial charge in [0.15, 0.2) is 0 Å². The number of methoxy groups -OCH3 is 1. The predicted octanol–water partition coefficient (Wildman–Crippen LogP) is 2.57. The van der Waals surface area contributed by atoms with Gasteiger partial charge in [0.05, 0.1) is 17.3 Å². The summed E-state index contributed by atoms with van der Waals surface area (Å²) in [5.41, 5.74) is 3.05. The Balaban J connectivity index is 2.29. The zero-order chi connectivity index (χ0) is 12.3. The summed E-state index contributed by atoms with van der Waals surface area (Å²) >= 11 is 3.47. The standard InChI is InChI=1S/C12H14BrN3O/c1-14-7-9-6-11(16-15-9)8-3-4-12(17-2)10(13)5-8/h3-6,14H,7H2,1-2H3,(H,15,16). The summed E-state index contributed by atoms with van der Waals surface area (Å²) in [5, 5.41) is 10.3. The van der Waals surface area contributed by atoms with E-state index in [1.807, 2.05) is 31.3 Å². The molecule has 0 fully saturated rings. The van der Waals surface area contributed by atoms with Crippen molar-refractivity contribution in [3.8, 4) is 17.0 Å². The zero-order valence-corrected chi connectivity index (χ0v) is 11.3. The van der Waals surface area contributed by atoms with Crippen molar-refractivity contribution in [1.29, 1.82) is 0 Å². The molecule has 0 spiro atoms. The molecule has 90 valence electrons. The lowest BCUT2D eigenvalue weighted by atomic mass is 10.1. The molecule has 0 amide bonds. The fraction of sp³-hybridized carbons (Fsp3) is 0.250. The van der Waals surface area contributed by atoms with Crippen LogP contribution in [0.3, 0.4) is 0 Å². The number of aromatic nitrogens is 2. The van der Waals surface area contributed by atoms with E-state index in [2.05, 4.69) is 31.4 Å². The van der Waals surface area contributed by atoms with Crippen molar-refractivity contribution >= 4 is 15.9 Å². The van der Waals surface area contributed by atoms with Gasteiger partial charge in [-0.2, -0.15) is 5.10 Å². The Morgan fingerprint density at radius 2 is 2.24 bits per heavy atom. The smallest absolute Gasteiger partial charge is 0.133 e. The second kappa shape index (κ2) is 5.33. The number of ether oxygens (including phenoxy) is 1. The summed E-state index contributed by atoms with van der Waals surface area (Å²) in [4.78, 5) is 0. The van der Waals surface area contributed by atoms with Crippen LogP contribution < -0.4 is 10.1 Å². The van der Waals surface area contributed by atoms with Crippen LogP contribution in [0.4, 0.5) is 0 Å². The van der Waals surface area contributed by atoms with Crippen LogP contribution in [0.25, 0.3) is 11.3 Å². The molecule has 0 aliphatic carbocycles. The molecule has 2 N–H and O–H groups in total. The molecule has 0 aliphatic heterocycles. The number of nitrogens with zero attached hydrogens (tertiary/aromatic N) is 1. The van der Waals surface area contributed by atoms with E-state index in [1.165, 1.54) is 0 Å². The third kappa shape index (κ3) is 2.68. The van der Waals surface area contributed by atoms with Crippen molar-refractivity contribution < 1.29 is 4.74 Å². The normalized spacial score (nSPS) is 10.5. The highest BCUT2D eigenvalue weighted by molar-refractivity contribution is 9.10. The van der Waals surface area contributed by atoms with Gasteiger partial charge in [-0.15, -0.1) is 0 Å². The fourth-order valence-corrected chi connectivity index (χ4v) is 2.16. The van der Waals surface area contributed by atoms with Crippen molar-refractivity contribution in [2.75, 3.05) is 14.2 Å². The van der Waals surface area contributed by atoms with Crippen LogP contribution in [0.15, 0.2) is 28.7 Å². The molecule has 1 aromatic heterocycles. The lowest BCUT2D eigenvalue weighted by molar-refractivity contribution is 0.412. The van der Waals surface area contributed by atoms with E-state index in [9.17, 15) is 0 Å². The lowest BCUT2D eigenvalue weighted by Gasteiger charge is -2.04. The minimum absolute atomic E-state index is 0.782. The van der Waals surface area contributed by atoms with Gasteiger partial charge >= 0.3 is 0 Å². The van der Waals surface area contributed by atoms with E-state index in [1.54, 1.807) is 7.11 Å². The average molecular weight is 296 g/mol. The van der Waals surface area contributed by atoms with Gasteiger partial charge in [-0.3, -0.25) is 5.10 Å². The molecule has 0 radical (unpaired) electrons. The monoisotopic (exact) mass is 295 g/mol. The Kier molecular flexibility index (Phi) is 3.81. The van der Waals surface area contributed by atoms with E-state index in [4.69, 9.17) is 4.74 Å². The minimum Gasteiger partial charge on any atom is -0.496 e. The molecule has 0 atom stereocenters. The van der Waals surface area contributed by atoms with E-state index < -0.39 is 0 Å². The molecule has 0 bridgehead atoms. The van der Waals surface area contributed by atoms with Gasteiger partial charge in [0.25, 0.3) is 0 Å². The maximum atomic E-state index is 5.19. The van der Waals surface area contributed by atoms with Gasteiger partial charge in [-0.1, -0.05) is 0 Å². The number of H-pyrrole nitrogens is 1. The topological polar surface area (TPSA) is 49.9 Å². The summed E-state index contributed by atoms with van der Waals surface area (Å²) in [6.07, 6.45) is 0. The van der Waals surface area contributed by atoms with Crippen molar-refractivity contribution in [3.05, 3.63) is 34.4 Å². The molecule has 0 aliphatic rings. The number of rotatable bonds is 4. The van der Waals surface area contributed by atoms with Gasteiger partial charge in [0, 0.05) is 17.8 Å². The average Bonchev–Trinajstić information content (AvgIpc) is 2.78. The van der Waals surface area contributed by atoms with Crippen LogP contribution in [-0.2, 0) is 6.54 Å². The molecule has 1 aromatic carbocycles. The number of nitrogens with one attached hydrogen (secondary N) is 2. The van der Waals surface area contributed by atoms with Crippen molar-refractivity contribution in [2.45, 2.75) is 6.54 Å². The molecule has 4 nitrogen and oxygen atoms in total. The first-order valence-electron chi connectivity index (χ1n) is 5.27. The largest absolute Gasteiger partial charge is 0.496 e. The second-order valence-corrected chi connectivity index (χ2v) is 4.51. The van der Waals surface area contributed by atoms with Gasteiger partial charge in [0.2, 0.25) is 0 Å². The van der Waals surface area contributed by atoms with Gasteiger partial charge < -0.3 is 10.1 Å². The molecule has 1 heterocycles. The number of hydrogen-bond donors (Lipinski definition) is 2. The SMILES string of the molecule is CNCc1cc(-c2ccc(OC)c(Br)c2)n[nH]1. The highest BCUT2D eigenvalue weighted by Crippen LogP contribution is 2.29. The van der Waals surface area contributed by atoms with E-state index in [0.717, 1.165) is 33.7 Å². The Hall–Kier alpha value is -1.33. The number of aromatic amines is 1. The Morgan fingerprint density at radius 1 is 1.41 bits per heavy atom. The number of hydrogen-bond acceptors (Lipinski definition) is 3. The molecule has 0 saturated heterocycles. The summed E-state index contributed by atoms with van der Waals surface area (Å²) in [7, 11) is 3.56. The van der Waals surface area contributed by atoms with E-state index >= 15 is 0 Å². The molecule has 2 aromatic rings. The molecule has 0 saturated carbocycles. The Morgan fingerprint density at radius 3 is 2.88 bits per heavy atom. The predicted molar refractivity (Wildman–Crippen MR) is 71.0 cm³/mol. The summed E-state index contributed by atoms with van der Waals surface area (Å²) in [6.45, 7) is 0.782. The first-order chi connectivity index (χ1) is 8.24. The van der Waals surface area contributed by atoms with E-state index in [-0.39, 0.29) is 0 Å². The van der Waals surface area contributed by atoms with Gasteiger partial charge in [0.1, 0.15) is 5.75 Å². The highest BCUT2D eigenvalue weighted by atomic mass is 79.9. The van der Waals surface area contributed by atoms with Crippen LogP contribution in [0.1, 0.15) is 5.69 Å². The third-order valence-corrected chi connectivity index (χ3v) is 3.07. The van der Waals surface area contributed by atoms with Crippen LogP contribution >= 0.6 is 15.9 Å². The molecular formula is C12H14BrN3O. The number of halogens is 1. The van der Waals surface area contributed by atoms with Crippen molar-refractivity contribution in [1.82, 2.24) is 15.5 Å². The van der Waals surface area contributed by atoms with Gasteiger partial charge in [-0.05, 0) is 47.2 Å². The van der Waals surface area contributed by atoms with Crippen molar-refractivity contribution in [3.63, 3.8) is 0 Å². The molecule has 0 unspecified atom stereocenters. The van der Waals surface area contributed by atoms with Crippen LogP contribution in [0, 0.1) is 0 Å².